The number of carbonyl (C=O) groups is 1. The molecule has 0 amide bonds. The zero-order valence-corrected chi connectivity index (χ0v) is 18.2. The van der Waals surface area contributed by atoms with Crippen LogP contribution in [0, 0.1) is 17.0 Å². The number of hydrogen-bond donors (Lipinski definition) is 1. The summed E-state index contributed by atoms with van der Waals surface area (Å²) < 4.78 is 5.99. The van der Waals surface area contributed by atoms with Gasteiger partial charge in [-0.3, -0.25) is 4.79 Å². The number of aromatic amines is 1. The van der Waals surface area contributed by atoms with Crippen LogP contribution in [0.3, 0.4) is 0 Å². The molecular weight excluding hydrogens is 442 g/mol. The van der Waals surface area contributed by atoms with Gasteiger partial charge in [0.15, 0.2) is 5.03 Å². The molecule has 31 heavy (non-hydrogen) atoms. The molecule has 0 fully saturated rings. The number of esters is 1. The van der Waals surface area contributed by atoms with Gasteiger partial charge in [0.1, 0.15) is 21.0 Å². The van der Waals surface area contributed by atoms with Gasteiger partial charge in [0.25, 0.3) is 5.56 Å². The van der Waals surface area contributed by atoms with Crippen molar-refractivity contribution in [2.24, 2.45) is 0 Å². The molecule has 0 unspecified atom stereocenters. The van der Waals surface area contributed by atoms with Crippen molar-refractivity contribution in [1.82, 2.24) is 19.6 Å². The number of thioether (sulfide) groups is 1. The molecule has 160 valence electrons. The summed E-state index contributed by atoms with van der Waals surface area (Å²) in [5.41, 5.74) is 1.18. The number of benzene rings is 1. The number of nitro groups is 1. The van der Waals surface area contributed by atoms with E-state index >= 15 is 0 Å². The molecule has 1 aromatic carbocycles. The van der Waals surface area contributed by atoms with Crippen LogP contribution < -0.4 is 5.56 Å². The molecule has 3 heterocycles. The molecule has 0 bridgehead atoms. The number of thiophene rings is 1. The molecule has 0 atom stereocenters. The Balaban J connectivity index is 1.57. The largest absolute Gasteiger partial charge is 0.462 e. The first-order chi connectivity index (χ1) is 14.9. The number of para-hydroxylation sites is 2. The number of nitrogens with zero attached hydrogens (tertiary/aromatic N) is 4. The van der Waals surface area contributed by atoms with Gasteiger partial charge in [0.05, 0.1) is 17.5 Å². The number of nitrogens with one attached hydrogen (secondary N) is 1. The van der Waals surface area contributed by atoms with E-state index < -0.39 is 11.0 Å². The molecule has 0 aliphatic heterocycles. The second kappa shape index (κ2) is 8.47. The van der Waals surface area contributed by atoms with Crippen molar-refractivity contribution in [3.63, 3.8) is 0 Å². The molecule has 0 saturated carbocycles. The maximum Gasteiger partial charge on any atom is 0.348 e. The Morgan fingerprint density at radius 2 is 2.13 bits per heavy atom. The van der Waals surface area contributed by atoms with Gasteiger partial charge in [-0.1, -0.05) is 23.9 Å². The molecule has 4 aromatic rings. The first-order valence-electron chi connectivity index (χ1n) is 9.35. The Morgan fingerprint density at radius 1 is 1.35 bits per heavy atom. The molecule has 3 aromatic heterocycles. The van der Waals surface area contributed by atoms with Crippen LogP contribution in [0.25, 0.3) is 21.3 Å². The normalized spacial score (nSPS) is 11.3. The average Bonchev–Trinajstić information content (AvgIpc) is 3.26. The summed E-state index contributed by atoms with van der Waals surface area (Å²) in [5.74, 6) is 0.379. The SMILES string of the molecule is CCOC(=O)c1sc2nc(CCSc3nc4ccccc4n3[N+](=O)[O-])[nH]c(=O)c2c1C. The second-order valence-electron chi connectivity index (χ2n) is 6.50. The van der Waals surface area contributed by atoms with E-state index in [0.29, 0.717) is 49.7 Å². The minimum Gasteiger partial charge on any atom is -0.462 e. The van der Waals surface area contributed by atoms with Crippen LogP contribution in [0.5, 0.6) is 0 Å². The maximum absolute atomic E-state index is 12.6. The van der Waals surface area contributed by atoms with Gasteiger partial charge >= 0.3 is 5.97 Å². The number of ether oxygens (including phenoxy) is 1. The molecule has 4 rings (SSSR count). The predicted molar refractivity (Wildman–Crippen MR) is 117 cm³/mol. The van der Waals surface area contributed by atoms with E-state index in [9.17, 15) is 19.7 Å². The Morgan fingerprint density at radius 3 is 2.87 bits per heavy atom. The van der Waals surface area contributed by atoms with Crippen LogP contribution >= 0.6 is 23.1 Å². The molecule has 0 saturated heterocycles. The monoisotopic (exact) mass is 459 g/mol. The van der Waals surface area contributed by atoms with Gasteiger partial charge in [-0.2, -0.15) is 0 Å². The van der Waals surface area contributed by atoms with E-state index in [-0.39, 0.29) is 17.3 Å². The summed E-state index contributed by atoms with van der Waals surface area (Å²) in [5, 5.41) is 11.6. The summed E-state index contributed by atoms with van der Waals surface area (Å²) >= 11 is 2.33. The minimum atomic E-state index is -0.505. The van der Waals surface area contributed by atoms with Crippen LogP contribution in [-0.2, 0) is 11.2 Å². The van der Waals surface area contributed by atoms with Crippen molar-refractivity contribution in [2.75, 3.05) is 12.4 Å². The number of hydrogen-bond acceptors (Lipinski definition) is 9. The van der Waals surface area contributed by atoms with Gasteiger partial charge in [-0.05, 0) is 36.2 Å². The summed E-state index contributed by atoms with van der Waals surface area (Å²) in [6, 6.07) is 6.84. The third kappa shape index (κ3) is 3.91. The molecule has 0 aliphatic carbocycles. The quantitative estimate of drug-likeness (QED) is 0.193. The van der Waals surface area contributed by atoms with Crippen molar-refractivity contribution in [3.8, 4) is 0 Å². The van der Waals surface area contributed by atoms with E-state index in [0.717, 1.165) is 16.0 Å². The Labute approximate surface area is 183 Å². The Kier molecular flexibility index (Phi) is 5.74. The standard InChI is InChI=1S/C19H17N5O5S2/c1-3-29-18(26)15-10(2)14-16(25)21-13(22-17(14)31-15)8-9-30-19-20-11-6-4-5-7-12(11)23(19)24(27)28/h4-7H,3,8-9H2,1-2H3,(H,21,22,25). The summed E-state index contributed by atoms with van der Waals surface area (Å²) in [6.07, 6.45) is 0.364. The number of imidazole rings is 1. The zero-order valence-electron chi connectivity index (χ0n) is 16.6. The lowest BCUT2D eigenvalue weighted by Gasteiger charge is -2.01. The van der Waals surface area contributed by atoms with E-state index in [1.165, 1.54) is 11.8 Å². The predicted octanol–water partition coefficient (Wildman–Crippen LogP) is 3.19. The van der Waals surface area contributed by atoms with Crippen LogP contribution in [0.1, 0.15) is 28.0 Å². The fraction of sp³-hybridized carbons (Fsp3) is 0.263. The Hall–Kier alpha value is -3.25. The van der Waals surface area contributed by atoms with Crippen molar-refractivity contribution in [3.05, 3.63) is 61.0 Å². The number of rotatable bonds is 7. The summed E-state index contributed by atoms with van der Waals surface area (Å²) in [6.45, 7) is 3.65. The first-order valence-corrected chi connectivity index (χ1v) is 11.1. The first kappa shape index (κ1) is 21.0. The van der Waals surface area contributed by atoms with Crippen LogP contribution in [-0.4, -0.2) is 43.0 Å². The third-order valence-electron chi connectivity index (χ3n) is 4.55. The van der Waals surface area contributed by atoms with Crippen LogP contribution in [0.15, 0.2) is 34.2 Å². The van der Waals surface area contributed by atoms with Crippen molar-refractivity contribution in [1.29, 1.82) is 0 Å². The van der Waals surface area contributed by atoms with Crippen molar-refractivity contribution < 1.29 is 14.6 Å². The van der Waals surface area contributed by atoms with Gasteiger partial charge < -0.3 is 9.72 Å². The lowest BCUT2D eigenvalue weighted by molar-refractivity contribution is -0.544. The van der Waals surface area contributed by atoms with Gasteiger partial charge in [0.2, 0.25) is 5.16 Å². The lowest BCUT2D eigenvalue weighted by atomic mass is 10.2. The fourth-order valence-electron chi connectivity index (χ4n) is 3.18. The highest BCUT2D eigenvalue weighted by Gasteiger charge is 2.21. The number of fused-ring (bicyclic) bond motifs is 2. The number of aromatic nitrogens is 4. The highest BCUT2D eigenvalue weighted by Crippen LogP contribution is 2.28. The molecule has 1 N–H and O–H groups in total. The summed E-state index contributed by atoms with van der Waals surface area (Å²) in [7, 11) is 0. The maximum atomic E-state index is 12.6. The van der Waals surface area contributed by atoms with Crippen molar-refractivity contribution in [2.45, 2.75) is 25.4 Å². The van der Waals surface area contributed by atoms with Crippen molar-refractivity contribution >= 4 is 50.3 Å². The van der Waals surface area contributed by atoms with E-state index in [1.54, 1.807) is 38.1 Å². The fourth-order valence-corrected chi connectivity index (χ4v) is 5.20. The topological polar surface area (TPSA) is 133 Å². The average molecular weight is 460 g/mol. The third-order valence-corrected chi connectivity index (χ3v) is 6.65. The van der Waals surface area contributed by atoms with Crippen LogP contribution in [0.4, 0.5) is 0 Å². The van der Waals surface area contributed by atoms with E-state index in [4.69, 9.17) is 4.74 Å². The summed E-state index contributed by atoms with van der Waals surface area (Å²) in [4.78, 5) is 48.5. The number of H-pyrrole nitrogens is 1. The zero-order chi connectivity index (χ0) is 22.1. The van der Waals surface area contributed by atoms with E-state index in [2.05, 4.69) is 15.0 Å². The highest BCUT2D eigenvalue weighted by molar-refractivity contribution is 7.99. The highest BCUT2D eigenvalue weighted by atomic mass is 32.2. The van der Waals surface area contributed by atoms with Gasteiger partial charge in [-0.15, -0.1) is 11.3 Å². The minimum absolute atomic E-state index is 0.244. The molecule has 0 spiro atoms. The molecule has 12 heteroatoms. The Bertz CT molecular complexity index is 1370. The van der Waals surface area contributed by atoms with Gasteiger partial charge in [0, 0.05) is 12.2 Å². The number of carbonyl (C=O) groups excluding carboxylic acids is 1. The molecule has 10 nitrogen and oxygen atoms in total. The van der Waals surface area contributed by atoms with Crippen LogP contribution in [0.2, 0.25) is 0 Å². The molecule has 0 aliphatic rings. The van der Waals surface area contributed by atoms with Gasteiger partial charge in [-0.25, -0.2) is 24.9 Å². The molecular formula is C19H17N5O5S2. The second-order valence-corrected chi connectivity index (χ2v) is 8.56. The lowest BCUT2D eigenvalue weighted by Crippen LogP contribution is -2.13. The number of aryl methyl sites for hydroxylation is 2. The van der Waals surface area contributed by atoms with E-state index in [1.807, 2.05) is 0 Å². The molecule has 0 radical (unpaired) electrons. The smallest absolute Gasteiger partial charge is 0.348 e.